The second-order valence-electron chi connectivity index (χ2n) is 8.24. The van der Waals surface area contributed by atoms with Crippen LogP contribution in [0, 0.1) is 5.92 Å². The van der Waals surface area contributed by atoms with Gasteiger partial charge in [0, 0.05) is 38.2 Å². The summed E-state index contributed by atoms with van der Waals surface area (Å²) < 4.78 is 11.1. The maximum atomic E-state index is 12.2. The van der Waals surface area contributed by atoms with Crippen molar-refractivity contribution in [2.24, 2.45) is 5.92 Å². The fourth-order valence-corrected chi connectivity index (χ4v) is 3.78. The molecule has 0 spiro atoms. The van der Waals surface area contributed by atoms with E-state index < -0.39 is 5.60 Å². The van der Waals surface area contributed by atoms with Crippen LogP contribution in [0.25, 0.3) is 0 Å². The molecule has 0 saturated carbocycles. The van der Waals surface area contributed by atoms with Gasteiger partial charge in [-0.2, -0.15) is 0 Å². The molecule has 7 heteroatoms. The van der Waals surface area contributed by atoms with E-state index in [2.05, 4.69) is 27.4 Å². The number of rotatable bonds is 3. The van der Waals surface area contributed by atoms with E-state index in [0.29, 0.717) is 12.5 Å². The van der Waals surface area contributed by atoms with Crippen molar-refractivity contribution in [2.45, 2.75) is 52.2 Å². The van der Waals surface area contributed by atoms with Crippen LogP contribution in [0.4, 0.5) is 16.2 Å². The molecule has 1 unspecified atom stereocenters. The average molecular weight is 362 g/mol. The van der Waals surface area contributed by atoms with E-state index in [9.17, 15) is 4.79 Å². The van der Waals surface area contributed by atoms with E-state index in [1.165, 1.54) is 0 Å². The van der Waals surface area contributed by atoms with Crippen LogP contribution in [0.1, 0.15) is 39.7 Å². The summed E-state index contributed by atoms with van der Waals surface area (Å²) in [5.74, 6) is 1.19. The van der Waals surface area contributed by atoms with Crippen molar-refractivity contribution in [1.29, 1.82) is 0 Å². The van der Waals surface area contributed by atoms with Crippen LogP contribution < -0.4 is 20.3 Å². The van der Waals surface area contributed by atoms with Gasteiger partial charge in [-0.1, -0.05) is 6.92 Å². The van der Waals surface area contributed by atoms with Gasteiger partial charge >= 0.3 is 6.09 Å². The molecule has 1 aromatic heterocycles. The minimum atomic E-state index is -0.493. The van der Waals surface area contributed by atoms with Gasteiger partial charge in [0.15, 0.2) is 0 Å². The molecule has 2 aliphatic heterocycles. The van der Waals surface area contributed by atoms with Gasteiger partial charge in [0.2, 0.25) is 5.88 Å². The third-order valence-corrected chi connectivity index (χ3v) is 4.67. The number of hydrogen-bond acceptors (Lipinski definition) is 6. The van der Waals surface area contributed by atoms with Crippen molar-refractivity contribution in [3.8, 4) is 5.88 Å². The average Bonchev–Trinajstić information content (AvgIpc) is 2.99. The normalized spacial score (nSPS) is 22.4. The highest BCUT2D eigenvalue weighted by atomic mass is 16.6. The van der Waals surface area contributed by atoms with Gasteiger partial charge < -0.3 is 25.0 Å². The van der Waals surface area contributed by atoms with Crippen molar-refractivity contribution >= 4 is 17.5 Å². The molecule has 0 aliphatic carbocycles. The molecule has 26 heavy (non-hydrogen) atoms. The molecule has 2 atom stereocenters. The van der Waals surface area contributed by atoms with Crippen LogP contribution in [0.3, 0.4) is 0 Å². The molecule has 1 aromatic rings. The summed E-state index contributed by atoms with van der Waals surface area (Å²) in [6.07, 6.45) is 3.28. The van der Waals surface area contributed by atoms with E-state index in [4.69, 9.17) is 9.47 Å². The molecule has 1 fully saturated rings. The highest BCUT2D eigenvalue weighted by Gasteiger charge is 2.32. The topological polar surface area (TPSA) is 75.7 Å². The lowest BCUT2D eigenvalue weighted by molar-refractivity contribution is 0.0495. The number of pyridine rings is 1. The van der Waals surface area contributed by atoms with Gasteiger partial charge in [-0.05, 0) is 33.1 Å². The highest BCUT2D eigenvalue weighted by molar-refractivity contribution is 5.76. The lowest BCUT2D eigenvalue weighted by Crippen LogP contribution is -2.51. The maximum absolute atomic E-state index is 12.2. The van der Waals surface area contributed by atoms with Crippen molar-refractivity contribution in [2.75, 3.05) is 37.0 Å². The summed E-state index contributed by atoms with van der Waals surface area (Å²) in [6, 6.07) is 0.0458. The number of piperidine rings is 1. The molecule has 144 valence electrons. The molecule has 7 nitrogen and oxygen atoms in total. The zero-order valence-corrected chi connectivity index (χ0v) is 16.4. The Hall–Kier alpha value is -2.18. The van der Waals surface area contributed by atoms with E-state index in [0.717, 1.165) is 48.7 Å². The predicted octanol–water partition coefficient (Wildman–Crippen LogP) is 2.80. The summed E-state index contributed by atoms with van der Waals surface area (Å²) in [7, 11) is 1.91. The van der Waals surface area contributed by atoms with E-state index in [-0.39, 0.29) is 12.1 Å². The Labute approximate surface area is 155 Å². The lowest BCUT2D eigenvalue weighted by Gasteiger charge is -2.39. The molecule has 2 aliphatic rings. The zero-order chi connectivity index (χ0) is 18.9. The van der Waals surface area contributed by atoms with E-state index in [1.54, 1.807) is 0 Å². The first-order valence-electron chi connectivity index (χ1n) is 9.33. The number of nitrogens with one attached hydrogen (secondary N) is 2. The van der Waals surface area contributed by atoms with Crippen LogP contribution >= 0.6 is 0 Å². The Kier molecular flexibility index (Phi) is 5.16. The van der Waals surface area contributed by atoms with Gasteiger partial charge in [-0.15, -0.1) is 0 Å². The van der Waals surface area contributed by atoms with Gasteiger partial charge in [0.25, 0.3) is 0 Å². The Balaban J connectivity index is 1.79. The van der Waals surface area contributed by atoms with Crippen LogP contribution in [0.2, 0.25) is 0 Å². The first kappa shape index (κ1) is 18.6. The Morgan fingerprint density at radius 3 is 2.85 bits per heavy atom. The Morgan fingerprint density at radius 1 is 1.38 bits per heavy atom. The molecular formula is C19H30N4O3. The lowest BCUT2D eigenvalue weighted by atomic mass is 9.94. The second-order valence-corrected chi connectivity index (χ2v) is 8.24. The third-order valence-electron chi connectivity index (χ3n) is 4.67. The van der Waals surface area contributed by atoms with Crippen molar-refractivity contribution in [1.82, 2.24) is 10.3 Å². The first-order chi connectivity index (χ1) is 12.3. The molecule has 0 bridgehead atoms. The first-order valence-corrected chi connectivity index (χ1v) is 9.33. The van der Waals surface area contributed by atoms with Crippen molar-refractivity contribution < 1.29 is 14.3 Å². The minimum Gasteiger partial charge on any atom is -0.477 e. The molecule has 1 saturated heterocycles. The third kappa shape index (κ3) is 4.14. The number of nitrogens with zero attached hydrogens (tertiary/aromatic N) is 2. The van der Waals surface area contributed by atoms with E-state index >= 15 is 0 Å². The Morgan fingerprint density at radius 2 is 2.15 bits per heavy atom. The molecule has 1 amide bonds. The molecule has 0 aromatic carbocycles. The Bertz CT molecular complexity index is 671. The molecule has 3 rings (SSSR count). The molecule has 0 radical (unpaired) electrons. The van der Waals surface area contributed by atoms with Crippen molar-refractivity contribution in [3.63, 3.8) is 0 Å². The largest absolute Gasteiger partial charge is 0.477 e. The number of ether oxygens (including phenoxy) is 2. The fourth-order valence-electron chi connectivity index (χ4n) is 3.78. The number of carbonyl (C=O) groups is 1. The van der Waals surface area contributed by atoms with Crippen LogP contribution in [0.15, 0.2) is 6.20 Å². The SMILES string of the molecule is CNc1cnc2c(c1N1CC(C)C[C@H](NC(=O)OC(C)(C)C)C1)CCO2. The number of carbonyl (C=O) groups excluding carboxylic acids is 1. The fraction of sp³-hybridized carbons (Fsp3) is 0.684. The number of alkyl carbamates (subject to hydrolysis) is 1. The number of hydrogen-bond donors (Lipinski definition) is 2. The number of amides is 1. The summed E-state index contributed by atoms with van der Waals surface area (Å²) in [4.78, 5) is 18.9. The van der Waals surface area contributed by atoms with Gasteiger partial charge in [-0.25, -0.2) is 9.78 Å². The van der Waals surface area contributed by atoms with Crippen molar-refractivity contribution in [3.05, 3.63) is 11.8 Å². The van der Waals surface area contributed by atoms with Crippen LogP contribution in [-0.4, -0.2) is 49.5 Å². The van der Waals surface area contributed by atoms with Gasteiger partial charge in [0.1, 0.15) is 5.60 Å². The van der Waals surface area contributed by atoms with Gasteiger partial charge in [0.05, 0.1) is 24.2 Å². The quantitative estimate of drug-likeness (QED) is 0.861. The molecule has 2 N–H and O–H groups in total. The van der Waals surface area contributed by atoms with Crippen LogP contribution in [0.5, 0.6) is 5.88 Å². The maximum Gasteiger partial charge on any atom is 0.407 e. The smallest absolute Gasteiger partial charge is 0.407 e. The summed E-state index contributed by atoms with van der Waals surface area (Å²) >= 11 is 0. The van der Waals surface area contributed by atoms with Crippen LogP contribution in [-0.2, 0) is 11.2 Å². The molecule has 3 heterocycles. The standard InChI is InChI=1S/C19H30N4O3/c1-12-8-13(22-18(24)26-19(2,3)4)11-23(10-12)16-14-6-7-25-17(14)21-9-15(16)20-5/h9,12-13,20H,6-8,10-11H2,1-5H3,(H,22,24)/t12?,13-/m0/s1. The monoisotopic (exact) mass is 362 g/mol. The second kappa shape index (κ2) is 7.21. The summed E-state index contributed by atoms with van der Waals surface area (Å²) in [6.45, 7) is 10.2. The predicted molar refractivity (Wildman–Crippen MR) is 102 cm³/mol. The summed E-state index contributed by atoms with van der Waals surface area (Å²) in [5, 5.41) is 6.29. The number of aromatic nitrogens is 1. The van der Waals surface area contributed by atoms with Gasteiger partial charge in [-0.3, -0.25) is 0 Å². The van der Waals surface area contributed by atoms with E-state index in [1.807, 2.05) is 34.0 Å². The minimum absolute atomic E-state index is 0.0458. The highest BCUT2D eigenvalue weighted by Crippen LogP contribution is 2.39. The molecular weight excluding hydrogens is 332 g/mol. The summed E-state index contributed by atoms with van der Waals surface area (Å²) in [5.41, 5.74) is 2.81. The zero-order valence-electron chi connectivity index (χ0n) is 16.4. The number of fused-ring (bicyclic) bond motifs is 1. The number of anilines is 2.